The summed E-state index contributed by atoms with van der Waals surface area (Å²) in [6.45, 7) is 2.14. The number of amides is 1. The first-order valence-electron chi connectivity index (χ1n) is 5.93. The van der Waals surface area contributed by atoms with E-state index in [2.05, 4.69) is 18.1 Å². The molecule has 0 heterocycles. The molecule has 0 aliphatic carbocycles. The largest absolute Gasteiger partial charge is 0.396 e. The fourth-order valence-electron chi connectivity index (χ4n) is 1.97. The zero-order valence-corrected chi connectivity index (χ0v) is 12.0. The third-order valence-electron chi connectivity index (χ3n) is 3.11. The smallest absolute Gasteiger partial charge is 0.250 e. The topological polar surface area (TPSA) is 72.3 Å². The molecule has 0 radical (unpaired) electrons. The summed E-state index contributed by atoms with van der Waals surface area (Å²) >= 11 is 1.80. The highest BCUT2D eigenvalue weighted by Crippen LogP contribution is 2.28. The molecule has 0 saturated carbocycles. The number of anilines is 2. The van der Waals surface area contributed by atoms with Crippen LogP contribution in [0.3, 0.4) is 0 Å². The minimum Gasteiger partial charge on any atom is -0.396 e. The SMILES string of the molecule is CCC(CSC)N(C)c1cccc(C(N)=O)c1N. The summed E-state index contributed by atoms with van der Waals surface area (Å²) in [7, 11) is 2.00. The Labute approximate surface area is 113 Å². The number of primary amides is 1. The number of nitrogens with zero attached hydrogens (tertiary/aromatic N) is 1. The normalized spacial score (nSPS) is 12.2. The lowest BCUT2D eigenvalue weighted by atomic mass is 10.1. The molecule has 0 aliphatic heterocycles. The number of nitrogens with two attached hydrogens (primary N) is 2. The van der Waals surface area contributed by atoms with Crippen molar-refractivity contribution in [2.24, 2.45) is 5.73 Å². The van der Waals surface area contributed by atoms with Crippen LogP contribution in [0.15, 0.2) is 18.2 Å². The van der Waals surface area contributed by atoms with Crippen molar-refractivity contribution >= 4 is 29.0 Å². The number of hydrogen-bond donors (Lipinski definition) is 2. The number of carbonyl (C=O) groups excluding carboxylic acids is 1. The van der Waals surface area contributed by atoms with Crippen molar-refractivity contribution in [1.29, 1.82) is 0 Å². The number of para-hydroxylation sites is 1. The van der Waals surface area contributed by atoms with Gasteiger partial charge in [0.25, 0.3) is 5.91 Å². The molecule has 0 spiro atoms. The summed E-state index contributed by atoms with van der Waals surface area (Å²) < 4.78 is 0. The van der Waals surface area contributed by atoms with E-state index in [1.807, 2.05) is 19.2 Å². The third-order valence-corrected chi connectivity index (χ3v) is 3.82. The molecular weight excluding hydrogens is 246 g/mol. The van der Waals surface area contributed by atoms with Gasteiger partial charge in [0.2, 0.25) is 0 Å². The van der Waals surface area contributed by atoms with Gasteiger partial charge in [-0.15, -0.1) is 0 Å². The first kappa shape index (κ1) is 14.7. The summed E-state index contributed by atoms with van der Waals surface area (Å²) in [4.78, 5) is 13.4. The maximum Gasteiger partial charge on any atom is 0.250 e. The molecule has 100 valence electrons. The summed E-state index contributed by atoms with van der Waals surface area (Å²) in [6, 6.07) is 5.79. The van der Waals surface area contributed by atoms with Crippen LogP contribution in [0, 0.1) is 0 Å². The van der Waals surface area contributed by atoms with Gasteiger partial charge in [0, 0.05) is 18.8 Å². The molecule has 0 fully saturated rings. The third kappa shape index (κ3) is 3.10. The highest BCUT2D eigenvalue weighted by molar-refractivity contribution is 7.98. The van der Waals surface area contributed by atoms with Crippen molar-refractivity contribution in [2.75, 3.05) is 29.7 Å². The van der Waals surface area contributed by atoms with Crippen LogP contribution >= 0.6 is 11.8 Å². The van der Waals surface area contributed by atoms with Crippen LogP contribution in [0.4, 0.5) is 11.4 Å². The molecule has 1 rings (SSSR count). The first-order valence-corrected chi connectivity index (χ1v) is 7.32. The van der Waals surface area contributed by atoms with Crippen LogP contribution in [0.5, 0.6) is 0 Å². The molecule has 4 N–H and O–H groups in total. The van der Waals surface area contributed by atoms with E-state index in [4.69, 9.17) is 11.5 Å². The lowest BCUT2D eigenvalue weighted by molar-refractivity contribution is 0.100. The summed E-state index contributed by atoms with van der Waals surface area (Å²) in [5.41, 5.74) is 13.1. The Balaban J connectivity index is 3.08. The van der Waals surface area contributed by atoms with Gasteiger partial charge in [0.05, 0.1) is 16.9 Å². The predicted molar refractivity (Wildman–Crippen MR) is 80.2 cm³/mol. The van der Waals surface area contributed by atoms with E-state index in [1.165, 1.54) is 0 Å². The summed E-state index contributed by atoms with van der Waals surface area (Å²) in [5.74, 6) is 0.536. The molecule has 0 aliphatic rings. The average molecular weight is 267 g/mol. The summed E-state index contributed by atoms with van der Waals surface area (Å²) in [5, 5.41) is 0. The van der Waals surface area contributed by atoms with Crippen molar-refractivity contribution < 1.29 is 4.79 Å². The van der Waals surface area contributed by atoms with Crippen LogP contribution < -0.4 is 16.4 Å². The molecule has 1 aromatic rings. The predicted octanol–water partition coefficient (Wildman–Crippen LogP) is 1.95. The highest BCUT2D eigenvalue weighted by atomic mass is 32.2. The molecular formula is C13H21N3OS. The van der Waals surface area contributed by atoms with Gasteiger partial charge < -0.3 is 16.4 Å². The molecule has 18 heavy (non-hydrogen) atoms. The molecule has 1 atom stereocenters. The molecule has 0 bridgehead atoms. The minimum absolute atomic E-state index is 0.387. The number of benzene rings is 1. The van der Waals surface area contributed by atoms with E-state index in [0.717, 1.165) is 17.9 Å². The second kappa shape index (κ2) is 6.54. The second-order valence-electron chi connectivity index (χ2n) is 4.23. The molecule has 1 aromatic carbocycles. The van der Waals surface area contributed by atoms with Crippen molar-refractivity contribution in [3.05, 3.63) is 23.8 Å². The van der Waals surface area contributed by atoms with E-state index in [-0.39, 0.29) is 0 Å². The van der Waals surface area contributed by atoms with Crippen LogP contribution in [-0.2, 0) is 0 Å². The van der Waals surface area contributed by atoms with E-state index in [1.54, 1.807) is 17.8 Å². The van der Waals surface area contributed by atoms with Gasteiger partial charge >= 0.3 is 0 Å². The first-order chi connectivity index (χ1) is 8.52. The maximum atomic E-state index is 11.3. The zero-order valence-electron chi connectivity index (χ0n) is 11.1. The fourth-order valence-corrected chi connectivity index (χ4v) is 2.81. The highest BCUT2D eigenvalue weighted by Gasteiger charge is 2.17. The van der Waals surface area contributed by atoms with Gasteiger partial charge in [0.1, 0.15) is 0 Å². The van der Waals surface area contributed by atoms with E-state index in [0.29, 0.717) is 17.3 Å². The maximum absolute atomic E-state index is 11.3. The molecule has 0 aromatic heterocycles. The standard InChI is InChI=1S/C13H21N3OS/c1-4-9(8-18-3)16(2)11-7-5-6-10(12(11)14)13(15)17/h5-7,9H,4,8,14H2,1-3H3,(H2,15,17). The van der Waals surface area contributed by atoms with Gasteiger partial charge in [-0.2, -0.15) is 11.8 Å². The van der Waals surface area contributed by atoms with Crippen molar-refractivity contribution in [3.63, 3.8) is 0 Å². The van der Waals surface area contributed by atoms with Crippen molar-refractivity contribution in [3.8, 4) is 0 Å². The van der Waals surface area contributed by atoms with Crippen LogP contribution in [0.1, 0.15) is 23.7 Å². The molecule has 1 amide bonds. The Hall–Kier alpha value is -1.36. The number of nitrogen functional groups attached to an aromatic ring is 1. The number of thioether (sulfide) groups is 1. The van der Waals surface area contributed by atoms with Crippen LogP contribution in [0.25, 0.3) is 0 Å². The Morgan fingerprint density at radius 3 is 2.67 bits per heavy atom. The van der Waals surface area contributed by atoms with Crippen molar-refractivity contribution in [2.45, 2.75) is 19.4 Å². The molecule has 5 heteroatoms. The van der Waals surface area contributed by atoms with E-state index >= 15 is 0 Å². The number of carbonyl (C=O) groups is 1. The van der Waals surface area contributed by atoms with Gasteiger partial charge in [-0.3, -0.25) is 4.79 Å². The lowest BCUT2D eigenvalue weighted by Crippen LogP contribution is -2.34. The fraction of sp³-hybridized carbons (Fsp3) is 0.462. The number of hydrogen-bond acceptors (Lipinski definition) is 4. The Bertz CT molecular complexity index is 423. The van der Waals surface area contributed by atoms with Gasteiger partial charge in [-0.1, -0.05) is 13.0 Å². The summed E-state index contributed by atoms with van der Waals surface area (Å²) in [6.07, 6.45) is 3.11. The zero-order chi connectivity index (χ0) is 13.7. The Morgan fingerprint density at radius 1 is 1.50 bits per heavy atom. The van der Waals surface area contributed by atoms with Crippen LogP contribution in [-0.4, -0.2) is 31.0 Å². The van der Waals surface area contributed by atoms with E-state index in [9.17, 15) is 4.79 Å². The van der Waals surface area contributed by atoms with Gasteiger partial charge in [0.15, 0.2) is 0 Å². The Kier molecular flexibility index (Phi) is 5.34. The minimum atomic E-state index is -0.485. The number of rotatable bonds is 6. The lowest BCUT2D eigenvalue weighted by Gasteiger charge is -2.30. The van der Waals surface area contributed by atoms with Gasteiger partial charge in [-0.25, -0.2) is 0 Å². The van der Waals surface area contributed by atoms with Gasteiger partial charge in [-0.05, 0) is 24.8 Å². The molecule has 0 saturated heterocycles. The van der Waals surface area contributed by atoms with Crippen molar-refractivity contribution in [1.82, 2.24) is 0 Å². The molecule has 4 nitrogen and oxygen atoms in total. The Morgan fingerprint density at radius 2 is 2.17 bits per heavy atom. The average Bonchev–Trinajstić information content (AvgIpc) is 2.35. The van der Waals surface area contributed by atoms with Crippen LogP contribution in [0.2, 0.25) is 0 Å². The van der Waals surface area contributed by atoms with E-state index < -0.39 is 5.91 Å². The monoisotopic (exact) mass is 267 g/mol. The molecule has 1 unspecified atom stereocenters. The second-order valence-corrected chi connectivity index (χ2v) is 5.14. The quantitative estimate of drug-likeness (QED) is 0.773.